The van der Waals surface area contributed by atoms with Crippen molar-refractivity contribution in [3.8, 4) is 0 Å². The maximum absolute atomic E-state index is 10.6. The van der Waals surface area contributed by atoms with Crippen LogP contribution in [0.15, 0.2) is 23.8 Å². The van der Waals surface area contributed by atoms with Gasteiger partial charge in [-0.3, -0.25) is 4.79 Å². The number of aliphatic hydroxyl groups is 2. The first-order chi connectivity index (χ1) is 12.0. The first kappa shape index (κ1) is 18.7. The molecule has 3 rings (SSSR count). The van der Waals surface area contributed by atoms with Gasteiger partial charge >= 0.3 is 5.97 Å². The van der Waals surface area contributed by atoms with E-state index in [1.807, 2.05) is 6.08 Å². The van der Waals surface area contributed by atoms with Gasteiger partial charge in [0.05, 0.1) is 12.2 Å². The summed E-state index contributed by atoms with van der Waals surface area (Å²) in [6.07, 6.45) is 15.0. The number of hydrogen-bond donors (Lipinski definition) is 3. The molecule has 0 spiro atoms. The summed E-state index contributed by atoms with van der Waals surface area (Å²) in [6, 6.07) is 0. The number of rotatable bonds is 7. The van der Waals surface area contributed by atoms with E-state index in [2.05, 4.69) is 12.2 Å². The SMILES string of the molecule is O=C(O)CCC/C=C1\C[C@H]2CC(O)[C@H](/C=C/[C@@H](O)C3CCCC3)[C@H]2C1. The maximum atomic E-state index is 10.6. The van der Waals surface area contributed by atoms with Crippen molar-refractivity contribution in [2.75, 3.05) is 0 Å². The molecule has 3 fully saturated rings. The Hall–Kier alpha value is -1.13. The molecule has 0 saturated heterocycles. The molecule has 0 aromatic rings. The molecule has 25 heavy (non-hydrogen) atoms. The Morgan fingerprint density at radius 2 is 2.00 bits per heavy atom. The predicted molar refractivity (Wildman–Crippen MR) is 97.0 cm³/mol. The van der Waals surface area contributed by atoms with E-state index in [0.717, 1.165) is 38.5 Å². The Morgan fingerprint density at radius 1 is 1.24 bits per heavy atom. The lowest BCUT2D eigenvalue weighted by Gasteiger charge is -2.19. The Balaban J connectivity index is 1.53. The van der Waals surface area contributed by atoms with Crippen LogP contribution in [0.4, 0.5) is 0 Å². The minimum absolute atomic E-state index is 0.158. The van der Waals surface area contributed by atoms with Gasteiger partial charge in [0, 0.05) is 12.3 Å². The highest BCUT2D eigenvalue weighted by atomic mass is 16.4. The molecule has 0 aliphatic heterocycles. The Morgan fingerprint density at radius 3 is 2.72 bits per heavy atom. The molecule has 140 valence electrons. The summed E-state index contributed by atoms with van der Waals surface area (Å²) in [5, 5.41) is 29.5. The lowest BCUT2D eigenvalue weighted by molar-refractivity contribution is -0.137. The second-order valence-electron chi connectivity index (χ2n) is 8.28. The van der Waals surface area contributed by atoms with Gasteiger partial charge in [-0.1, -0.05) is 36.6 Å². The average molecular weight is 348 g/mol. The van der Waals surface area contributed by atoms with Crippen molar-refractivity contribution in [2.45, 2.75) is 76.4 Å². The number of carboxylic acid groups (broad SMARTS) is 1. The van der Waals surface area contributed by atoms with E-state index in [9.17, 15) is 15.0 Å². The van der Waals surface area contributed by atoms with Gasteiger partial charge in [-0.25, -0.2) is 0 Å². The molecule has 5 atom stereocenters. The first-order valence-electron chi connectivity index (χ1n) is 9.98. The van der Waals surface area contributed by atoms with Crippen molar-refractivity contribution >= 4 is 5.97 Å². The fourth-order valence-electron chi connectivity index (χ4n) is 5.20. The summed E-state index contributed by atoms with van der Waals surface area (Å²) in [5.74, 6) is 0.854. The quantitative estimate of drug-likeness (QED) is 0.484. The molecule has 0 bridgehead atoms. The minimum Gasteiger partial charge on any atom is -0.481 e. The number of carboxylic acids is 1. The van der Waals surface area contributed by atoms with Crippen LogP contribution in [0.25, 0.3) is 0 Å². The molecule has 3 saturated carbocycles. The highest BCUT2D eigenvalue weighted by molar-refractivity contribution is 5.66. The van der Waals surface area contributed by atoms with Crippen LogP contribution >= 0.6 is 0 Å². The van der Waals surface area contributed by atoms with E-state index in [1.54, 1.807) is 0 Å². The van der Waals surface area contributed by atoms with Crippen LogP contribution in [0.5, 0.6) is 0 Å². The summed E-state index contributed by atoms with van der Waals surface area (Å²) in [4.78, 5) is 10.6. The number of carbonyl (C=O) groups is 1. The predicted octanol–water partition coefficient (Wildman–Crippen LogP) is 3.68. The summed E-state index contributed by atoms with van der Waals surface area (Å²) < 4.78 is 0. The summed E-state index contributed by atoms with van der Waals surface area (Å²) in [6.45, 7) is 0. The third-order valence-corrected chi connectivity index (χ3v) is 6.55. The van der Waals surface area contributed by atoms with Gasteiger partial charge in [0.25, 0.3) is 0 Å². The molecule has 4 heteroatoms. The number of allylic oxidation sites excluding steroid dienone is 2. The molecule has 3 N–H and O–H groups in total. The van der Waals surface area contributed by atoms with Gasteiger partial charge in [-0.05, 0) is 62.7 Å². The standard InChI is InChI=1S/C21H32O4/c22-19(15-6-2-3-7-15)10-9-17-18-12-14(5-1-4-8-21(24)25)11-16(18)13-20(17)23/h5,9-10,15-20,22-23H,1-4,6-8,11-13H2,(H,24,25)/b10-9+,14-5+/t16-,17+,18-,19+,20?/m0/s1. The van der Waals surface area contributed by atoms with Crippen molar-refractivity contribution in [3.63, 3.8) is 0 Å². The van der Waals surface area contributed by atoms with Gasteiger partial charge in [0.1, 0.15) is 0 Å². The van der Waals surface area contributed by atoms with Crippen LogP contribution in [0.1, 0.15) is 64.2 Å². The molecule has 4 nitrogen and oxygen atoms in total. The van der Waals surface area contributed by atoms with Crippen LogP contribution < -0.4 is 0 Å². The van der Waals surface area contributed by atoms with Crippen molar-refractivity contribution < 1.29 is 20.1 Å². The van der Waals surface area contributed by atoms with E-state index in [0.29, 0.717) is 24.2 Å². The average Bonchev–Trinajstić information content (AvgIpc) is 3.26. The zero-order valence-corrected chi connectivity index (χ0v) is 15.0. The molecule has 0 heterocycles. The van der Waals surface area contributed by atoms with Crippen LogP contribution in [0.2, 0.25) is 0 Å². The van der Waals surface area contributed by atoms with Gasteiger partial charge in [0.2, 0.25) is 0 Å². The van der Waals surface area contributed by atoms with Gasteiger partial charge in [0.15, 0.2) is 0 Å². The third-order valence-electron chi connectivity index (χ3n) is 6.55. The lowest BCUT2D eigenvalue weighted by atomic mass is 9.89. The Bertz CT molecular complexity index is 518. The normalized spacial score (nSPS) is 35.7. The number of fused-ring (bicyclic) bond motifs is 1. The molecule has 0 aromatic carbocycles. The summed E-state index contributed by atoms with van der Waals surface area (Å²) in [5.41, 5.74) is 1.43. The van der Waals surface area contributed by atoms with E-state index in [4.69, 9.17) is 5.11 Å². The van der Waals surface area contributed by atoms with E-state index in [1.165, 1.54) is 18.4 Å². The van der Waals surface area contributed by atoms with Crippen molar-refractivity contribution in [1.29, 1.82) is 0 Å². The first-order valence-corrected chi connectivity index (χ1v) is 9.98. The zero-order valence-electron chi connectivity index (χ0n) is 15.0. The molecule has 0 radical (unpaired) electrons. The Kier molecular flexibility index (Phi) is 6.34. The lowest BCUT2D eigenvalue weighted by Crippen LogP contribution is -2.19. The highest BCUT2D eigenvalue weighted by Gasteiger charge is 2.45. The smallest absolute Gasteiger partial charge is 0.303 e. The number of hydrogen-bond acceptors (Lipinski definition) is 3. The van der Waals surface area contributed by atoms with Crippen LogP contribution in [0, 0.1) is 23.7 Å². The van der Waals surface area contributed by atoms with Crippen molar-refractivity contribution in [1.82, 2.24) is 0 Å². The van der Waals surface area contributed by atoms with E-state index >= 15 is 0 Å². The fourth-order valence-corrected chi connectivity index (χ4v) is 5.20. The van der Waals surface area contributed by atoms with E-state index < -0.39 is 5.97 Å². The second-order valence-corrected chi connectivity index (χ2v) is 8.28. The second kappa shape index (κ2) is 8.50. The minimum atomic E-state index is -0.726. The van der Waals surface area contributed by atoms with Crippen LogP contribution in [-0.4, -0.2) is 33.5 Å². The monoisotopic (exact) mass is 348 g/mol. The number of unbranched alkanes of at least 4 members (excludes halogenated alkanes) is 1. The Labute approximate surface area is 150 Å². The molecule has 1 unspecified atom stereocenters. The van der Waals surface area contributed by atoms with Gasteiger partial charge in [-0.2, -0.15) is 0 Å². The maximum Gasteiger partial charge on any atom is 0.303 e. The topological polar surface area (TPSA) is 77.8 Å². The molecular formula is C21H32O4. The van der Waals surface area contributed by atoms with Crippen LogP contribution in [0.3, 0.4) is 0 Å². The van der Waals surface area contributed by atoms with Gasteiger partial charge < -0.3 is 15.3 Å². The molecule has 3 aliphatic carbocycles. The molecule has 0 aromatic heterocycles. The molecular weight excluding hydrogens is 316 g/mol. The fraction of sp³-hybridized carbons (Fsp3) is 0.762. The largest absolute Gasteiger partial charge is 0.481 e. The van der Waals surface area contributed by atoms with E-state index in [-0.39, 0.29) is 24.5 Å². The molecule has 0 amide bonds. The van der Waals surface area contributed by atoms with Crippen molar-refractivity contribution in [3.05, 3.63) is 23.8 Å². The molecule has 3 aliphatic rings. The van der Waals surface area contributed by atoms with Gasteiger partial charge in [-0.15, -0.1) is 0 Å². The van der Waals surface area contributed by atoms with Crippen molar-refractivity contribution in [2.24, 2.45) is 23.7 Å². The number of aliphatic carboxylic acids is 1. The third kappa shape index (κ3) is 4.73. The zero-order chi connectivity index (χ0) is 17.8. The summed E-state index contributed by atoms with van der Waals surface area (Å²) in [7, 11) is 0. The number of aliphatic hydroxyl groups excluding tert-OH is 2. The highest BCUT2D eigenvalue weighted by Crippen LogP contribution is 2.50. The van der Waals surface area contributed by atoms with Crippen LogP contribution in [-0.2, 0) is 4.79 Å². The summed E-state index contributed by atoms with van der Waals surface area (Å²) >= 11 is 0.